The minimum absolute atomic E-state index is 0.289. The molecule has 2 fully saturated rings. The lowest BCUT2D eigenvalue weighted by Gasteiger charge is -2.35. The van der Waals surface area contributed by atoms with E-state index in [2.05, 4.69) is 30.9 Å². The number of fused-ring (bicyclic) bond motifs is 1. The second kappa shape index (κ2) is 6.04. The van der Waals surface area contributed by atoms with Gasteiger partial charge in [0, 0.05) is 19.1 Å². The Kier molecular flexibility index (Phi) is 4.26. The predicted octanol–water partition coefficient (Wildman–Crippen LogP) is 2.94. The molecule has 1 aliphatic heterocycles. The first-order chi connectivity index (χ1) is 10.6. The smallest absolute Gasteiger partial charge is 0.233 e. The van der Waals surface area contributed by atoms with Crippen molar-refractivity contribution < 1.29 is 4.79 Å². The summed E-state index contributed by atoms with van der Waals surface area (Å²) in [5, 5.41) is 0. The van der Waals surface area contributed by atoms with Crippen molar-refractivity contribution in [3.05, 3.63) is 35.9 Å². The number of nitrogens with two attached hydrogens (primary N) is 1. The molecule has 1 amide bonds. The summed E-state index contributed by atoms with van der Waals surface area (Å²) < 4.78 is 0. The summed E-state index contributed by atoms with van der Waals surface area (Å²) in [6.45, 7) is 6.04. The molecule has 3 nitrogen and oxygen atoms in total. The molecule has 0 bridgehead atoms. The molecule has 3 rings (SSSR count). The Balaban J connectivity index is 1.85. The van der Waals surface area contributed by atoms with Crippen LogP contribution in [0.2, 0.25) is 0 Å². The Bertz CT molecular complexity index is 523. The SMILES string of the molecule is CCC(CC)(C(=O)N1CC2CCC(N)C2C1)c1ccccc1. The molecule has 1 aromatic rings. The molecular weight excluding hydrogens is 272 g/mol. The lowest BCUT2D eigenvalue weighted by molar-refractivity contribution is -0.137. The third-order valence-corrected chi connectivity index (χ3v) is 6.14. The summed E-state index contributed by atoms with van der Waals surface area (Å²) >= 11 is 0. The van der Waals surface area contributed by atoms with E-state index in [1.165, 1.54) is 6.42 Å². The third kappa shape index (κ3) is 2.36. The standard InChI is InChI=1S/C19H28N2O/c1-3-19(4-2,15-8-6-5-7-9-15)18(22)21-12-14-10-11-17(20)16(14)13-21/h5-9,14,16-17H,3-4,10-13,20H2,1-2H3. The van der Waals surface area contributed by atoms with Gasteiger partial charge in [-0.15, -0.1) is 0 Å². The van der Waals surface area contributed by atoms with E-state index in [0.29, 0.717) is 17.7 Å². The van der Waals surface area contributed by atoms with E-state index in [0.717, 1.165) is 37.9 Å². The molecule has 1 saturated carbocycles. The van der Waals surface area contributed by atoms with Gasteiger partial charge in [-0.2, -0.15) is 0 Å². The predicted molar refractivity (Wildman–Crippen MR) is 89.5 cm³/mol. The van der Waals surface area contributed by atoms with Crippen molar-refractivity contribution >= 4 is 5.91 Å². The topological polar surface area (TPSA) is 46.3 Å². The maximum Gasteiger partial charge on any atom is 0.233 e. The molecule has 0 spiro atoms. The molecule has 2 aliphatic rings. The first-order valence-electron chi connectivity index (χ1n) is 8.73. The van der Waals surface area contributed by atoms with Crippen molar-refractivity contribution in [2.45, 2.75) is 51.0 Å². The highest BCUT2D eigenvalue weighted by Crippen LogP contribution is 2.41. The van der Waals surface area contributed by atoms with E-state index < -0.39 is 0 Å². The monoisotopic (exact) mass is 300 g/mol. The number of amides is 1. The van der Waals surface area contributed by atoms with Gasteiger partial charge in [0.15, 0.2) is 0 Å². The average molecular weight is 300 g/mol. The summed E-state index contributed by atoms with van der Waals surface area (Å²) in [5.41, 5.74) is 7.02. The van der Waals surface area contributed by atoms with Gasteiger partial charge >= 0.3 is 0 Å². The van der Waals surface area contributed by atoms with Crippen LogP contribution in [-0.4, -0.2) is 29.9 Å². The summed E-state index contributed by atoms with van der Waals surface area (Å²) in [6, 6.07) is 10.6. The van der Waals surface area contributed by atoms with Crippen LogP contribution in [0.15, 0.2) is 30.3 Å². The molecule has 2 N–H and O–H groups in total. The molecule has 3 atom stereocenters. The van der Waals surface area contributed by atoms with Crippen LogP contribution in [0.3, 0.4) is 0 Å². The van der Waals surface area contributed by atoms with Gasteiger partial charge in [0.25, 0.3) is 0 Å². The summed E-state index contributed by atoms with van der Waals surface area (Å²) in [6.07, 6.45) is 4.02. The number of hydrogen-bond donors (Lipinski definition) is 1. The van der Waals surface area contributed by atoms with Crippen molar-refractivity contribution in [3.8, 4) is 0 Å². The number of carbonyl (C=O) groups is 1. The first-order valence-corrected chi connectivity index (χ1v) is 8.73. The van der Waals surface area contributed by atoms with Gasteiger partial charge in [-0.1, -0.05) is 44.2 Å². The van der Waals surface area contributed by atoms with E-state index in [1.54, 1.807) is 0 Å². The lowest BCUT2D eigenvalue weighted by atomic mass is 9.74. The summed E-state index contributed by atoms with van der Waals surface area (Å²) in [4.78, 5) is 15.5. The summed E-state index contributed by atoms with van der Waals surface area (Å²) in [5.74, 6) is 1.46. The number of carbonyl (C=O) groups excluding carboxylic acids is 1. The normalized spacial score (nSPS) is 28.0. The van der Waals surface area contributed by atoms with Gasteiger partial charge in [0.05, 0.1) is 5.41 Å². The maximum absolute atomic E-state index is 13.4. The fraction of sp³-hybridized carbons (Fsp3) is 0.632. The summed E-state index contributed by atoms with van der Waals surface area (Å²) in [7, 11) is 0. The highest BCUT2D eigenvalue weighted by molar-refractivity contribution is 5.88. The van der Waals surface area contributed by atoms with Crippen LogP contribution in [0, 0.1) is 11.8 Å². The van der Waals surface area contributed by atoms with E-state index in [1.807, 2.05) is 18.2 Å². The Morgan fingerprint density at radius 2 is 1.86 bits per heavy atom. The van der Waals surface area contributed by atoms with E-state index in [-0.39, 0.29) is 11.5 Å². The third-order valence-electron chi connectivity index (χ3n) is 6.14. The first kappa shape index (κ1) is 15.5. The van der Waals surface area contributed by atoms with Crippen LogP contribution in [0.1, 0.15) is 45.1 Å². The second-order valence-electron chi connectivity index (χ2n) is 7.03. The Morgan fingerprint density at radius 3 is 2.45 bits per heavy atom. The van der Waals surface area contributed by atoms with E-state index in [4.69, 9.17) is 5.73 Å². The zero-order valence-corrected chi connectivity index (χ0v) is 13.8. The van der Waals surface area contributed by atoms with Crippen LogP contribution in [0.25, 0.3) is 0 Å². The molecule has 0 aromatic heterocycles. The van der Waals surface area contributed by atoms with Gasteiger partial charge in [0.1, 0.15) is 0 Å². The number of rotatable bonds is 4. The highest BCUT2D eigenvalue weighted by Gasteiger charge is 2.47. The number of likely N-dealkylation sites (tertiary alicyclic amines) is 1. The zero-order chi connectivity index (χ0) is 15.7. The Hall–Kier alpha value is -1.35. The van der Waals surface area contributed by atoms with Gasteiger partial charge < -0.3 is 10.6 Å². The number of hydrogen-bond acceptors (Lipinski definition) is 2. The Morgan fingerprint density at radius 1 is 1.18 bits per heavy atom. The maximum atomic E-state index is 13.4. The van der Waals surface area contributed by atoms with Crippen LogP contribution in [-0.2, 0) is 10.2 Å². The average Bonchev–Trinajstić information content (AvgIpc) is 3.12. The van der Waals surface area contributed by atoms with Crippen LogP contribution in [0.4, 0.5) is 0 Å². The van der Waals surface area contributed by atoms with E-state index in [9.17, 15) is 4.79 Å². The van der Waals surface area contributed by atoms with Gasteiger partial charge in [-0.25, -0.2) is 0 Å². The Labute approximate surface area is 133 Å². The van der Waals surface area contributed by atoms with Crippen molar-refractivity contribution in [1.82, 2.24) is 4.90 Å². The van der Waals surface area contributed by atoms with Crippen molar-refractivity contribution in [2.75, 3.05) is 13.1 Å². The van der Waals surface area contributed by atoms with Crippen LogP contribution < -0.4 is 5.73 Å². The van der Waals surface area contributed by atoms with Crippen molar-refractivity contribution in [1.29, 1.82) is 0 Å². The molecule has 3 heteroatoms. The van der Waals surface area contributed by atoms with Crippen molar-refractivity contribution in [3.63, 3.8) is 0 Å². The quantitative estimate of drug-likeness (QED) is 0.929. The van der Waals surface area contributed by atoms with Crippen LogP contribution >= 0.6 is 0 Å². The van der Waals surface area contributed by atoms with Crippen LogP contribution in [0.5, 0.6) is 0 Å². The van der Waals surface area contributed by atoms with Gasteiger partial charge in [0.2, 0.25) is 5.91 Å². The van der Waals surface area contributed by atoms with Gasteiger partial charge in [-0.3, -0.25) is 4.79 Å². The molecule has 3 unspecified atom stereocenters. The zero-order valence-electron chi connectivity index (χ0n) is 13.8. The molecule has 1 saturated heterocycles. The molecule has 120 valence electrons. The molecular formula is C19H28N2O. The van der Waals surface area contributed by atoms with Gasteiger partial charge in [-0.05, 0) is 43.1 Å². The fourth-order valence-corrected chi connectivity index (χ4v) is 4.62. The number of benzene rings is 1. The highest BCUT2D eigenvalue weighted by atomic mass is 16.2. The molecule has 1 aliphatic carbocycles. The molecule has 1 aromatic carbocycles. The molecule has 0 radical (unpaired) electrons. The number of nitrogens with zero attached hydrogens (tertiary/aromatic N) is 1. The minimum Gasteiger partial charge on any atom is -0.341 e. The molecule has 22 heavy (non-hydrogen) atoms. The lowest BCUT2D eigenvalue weighted by Crippen LogP contribution is -2.46. The molecule has 1 heterocycles. The van der Waals surface area contributed by atoms with E-state index >= 15 is 0 Å². The second-order valence-corrected chi connectivity index (χ2v) is 7.03. The minimum atomic E-state index is -0.371. The fourth-order valence-electron chi connectivity index (χ4n) is 4.62. The van der Waals surface area contributed by atoms with Crippen molar-refractivity contribution in [2.24, 2.45) is 17.6 Å². The largest absolute Gasteiger partial charge is 0.341 e.